The zero-order chi connectivity index (χ0) is 11.8. The van der Waals surface area contributed by atoms with Gasteiger partial charge in [-0.2, -0.15) is 0 Å². The van der Waals surface area contributed by atoms with Crippen LogP contribution in [0.1, 0.15) is 11.1 Å². The number of hydrogen-bond donors (Lipinski definition) is 1. The van der Waals surface area contributed by atoms with E-state index in [1.54, 1.807) is 0 Å². The quantitative estimate of drug-likeness (QED) is 0.624. The Morgan fingerprint density at radius 3 is 2.41 bits per heavy atom. The normalized spacial score (nSPS) is 10.9. The van der Waals surface area contributed by atoms with Gasteiger partial charge in [-0.3, -0.25) is 0 Å². The molecule has 1 N–H and O–H groups in total. The maximum Gasteiger partial charge on any atom is 0.0491 e. The number of fused-ring (bicyclic) bond motifs is 1. The van der Waals surface area contributed by atoms with Crippen molar-refractivity contribution in [2.24, 2.45) is 0 Å². The van der Waals surface area contributed by atoms with Gasteiger partial charge >= 0.3 is 0 Å². The highest BCUT2D eigenvalue weighted by molar-refractivity contribution is 5.88. The summed E-state index contributed by atoms with van der Waals surface area (Å²) in [6.07, 6.45) is 0. The molecule has 0 radical (unpaired) electrons. The van der Waals surface area contributed by atoms with Crippen LogP contribution in [0.3, 0.4) is 0 Å². The van der Waals surface area contributed by atoms with Crippen molar-refractivity contribution in [1.29, 1.82) is 0 Å². The minimum Gasteiger partial charge on any atom is -0.354 e. The van der Waals surface area contributed by atoms with Crippen molar-refractivity contribution in [3.05, 3.63) is 59.7 Å². The Bertz CT molecular complexity index is 663. The lowest BCUT2D eigenvalue weighted by atomic mass is 10.1. The van der Waals surface area contributed by atoms with Crippen molar-refractivity contribution >= 4 is 10.9 Å². The first-order valence-electron chi connectivity index (χ1n) is 5.90. The molecular weight excluding hydrogens is 206 g/mol. The minimum absolute atomic E-state index is 1.19. The van der Waals surface area contributed by atoms with Crippen molar-refractivity contribution in [3.8, 4) is 11.3 Å². The Balaban J connectivity index is 2.24. The Hall–Kier alpha value is -2.02. The van der Waals surface area contributed by atoms with Crippen molar-refractivity contribution < 1.29 is 0 Å². The van der Waals surface area contributed by atoms with E-state index < -0.39 is 0 Å². The third-order valence-corrected chi connectivity index (χ3v) is 3.41. The molecule has 1 aromatic heterocycles. The molecule has 0 spiro atoms. The van der Waals surface area contributed by atoms with Gasteiger partial charge in [-0.1, -0.05) is 42.5 Å². The van der Waals surface area contributed by atoms with Crippen LogP contribution in [0.4, 0.5) is 0 Å². The third kappa shape index (κ3) is 1.64. The first-order valence-corrected chi connectivity index (χ1v) is 5.90. The number of H-pyrrole nitrogens is 1. The Labute approximate surface area is 101 Å². The second-order valence-electron chi connectivity index (χ2n) is 4.52. The summed E-state index contributed by atoms with van der Waals surface area (Å²) in [5.74, 6) is 0. The van der Waals surface area contributed by atoms with Gasteiger partial charge in [0.2, 0.25) is 0 Å². The highest BCUT2D eigenvalue weighted by atomic mass is 14.7. The summed E-state index contributed by atoms with van der Waals surface area (Å²) < 4.78 is 0. The van der Waals surface area contributed by atoms with E-state index in [1.807, 2.05) is 6.07 Å². The van der Waals surface area contributed by atoms with Gasteiger partial charge in [0, 0.05) is 16.6 Å². The van der Waals surface area contributed by atoms with Gasteiger partial charge in [0.25, 0.3) is 0 Å². The van der Waals surface area contributed by atoms with Crippen LogP contribution in [0.25, 0.3) is 22.2 Å². The lowest BCUT2D eigenvalue weighted by Crippen LogP contribution is -1.82. The van der Waals surface area contributed by atoms with Crippen LogP contribution in [0.2, 0.25) is 0 Å². The molecule has 84 valence electrons. The topological polar surface area (TPSA) is 15.8 Å². The van der Waals surface area contributed by atoms with Crippen LogP contribution in [0, 0.1) is 13.8 Å². The van der Waals surface area contributed by atoms with Crippen LogP contribution in [-0.2, 0) is 0 Å². The fourth-order valence-corrected chi connectivity index (χ4v) is 2.22. The molecule has 0 unspecified atom stereocenters. The number of rotatable bonds is 1. The summed E-state index contributed by atoms with van der Waals surface area (Å²) in [7, 11) is 0. The minimum atomic E-state index is 1.19. The highest BCUT2D eigenvalue weighted by Crippen LogP contribution is 2.27. The monoisotopic (exact) mass is 221 g/mol. The summed E-state index contributed by atoms with van der Waals surface area (Å²) >= 11 is 0. The average Bonchev–Trinajstić information content (AvgIpc) is 2.80. The van der Waals surface area contributed by atoms with Crippen LogP contribution in [0.15, 0.2) is 48.5 Å². The number of benzene rings is 2. The second-order valence-corrected chi connectivity index (χ2v) is 4.52. The molecule has 0 saturated heterocycles. The zero-order valence-electron chi connectivity index (χ0n) is 10.1. The summed E-state index contributed by atoms with van der Waals surface area (Å²) in [6.45, 7) is 4.32. The lowest BCUT2D eigenvalue weighted by molar-refractivity contribution is 1.34. The largest absolute Gasteiger partial charge is 0.354 e. The molecule has 17 heavy (non-hydrogen) atoms. The lowest BCUT2D eigenvalue weighted by Gasteiger charge is -2.00. The van der Waals surface area contributed by atoms with Crippen molar-refractivity contribution in [1.82, 2.24) is 4.98 Å². The SMILES string of the molecule is Cc1ccc2cc(-c3ccccc3)[nH]c2c1C. The van der Waals surface area contributed by atoms with E-state index in [4.69, 9.17) is 0 Å². The van der Waals surface area contributed by atoms with Gasteiger partial charge in [-0.25, -0.2) is 0 Å². The summed E-state index contributed by atoms with van der Waals surface area (Å²) in [4.78, 5) is 3.52. The average molecular weight is 221 g/mol. The maximum absolute atomic E-state index is 3.52. The van der Waals surface area contributed by atoms with Crippen molar-refractivity contribution in [2.75, 3.05) is 0 Å². The third-order valence-electron chi connectivity index (χ3n) is 3.41. The van der Waals surface area contributed by atoms with Crippen molar-refractivity contribution in [2.45, 2.75) is 13.8 Å². The van der Waals surface area contributed by atoms with Crippen LogP contribution in [-0.4, -0.2) is 4.98 Å². The van der Waals surface area contributed by atoms with Gasteiger partial charge < -0.3 is 4.98 Å². The van der Waals surface area contributed by atoms with E-state index in [0.29, 0.717) is 0 Å². The molecule has 1 heterocycles. The number of aromatic nitrogens is 1. The molecule has 0 atom stereocenters. The smallest absolute Gasteiger partial charge is 0.0491 e. The molecule has 0 aliphatic carbocycles. The van der Waals surface area contributed by atoms with Gasteiger partial charge in [0.1, 0.15) is 0 Å². The van der Waals surface area contributed by atoms with E-state index in [2.05, 4.69) is 61.3 Å². The molecule has 0 amide bonds. The van der Waals surface area contributed by atoms with E-state index in [1.165, 1.54) is 33.3 Å². The highest BCUT2D eigenvalue weighted by Gasteiger charge is 2.05. The molecular formula is C16H15N. The van der Waals surface area contributed by atoms with Crippen LogP contribution < -0.4 is 0 Å². The van der Waals surface area contributed by atoms with E-state index in [-0.39, 0.29) is 0 Å². The van der Waals surface area contributed by atoms with Crippen LogP contribution in [0.5, 0.6) is 0 Å². The Morgan fingerprint density at radius 1 is 0.882 bits per heavy atom. The van der Waals surface area contributed by atoms with Gasteiger partial charge in [-0.15, -0.1) is 0 Å². The fraction of sp³-hybridized carbons (Fsp3) is 0.125. The molecule has 3 aromatic rings. The van der Waals surface area contributed by atoms with Gasteiger partial charge in [0.15, 0.2) is 0 Å². The molecule has 3 rings (SSSR count). The predicted octanol–water partition coefficient (Wildman–Crippen LogP) is 4.45. The van der Waals surface area contributed by atoms with E-state index in [9.17, 15) is 0 Å². The van der Waals surface area contributed by atoms with E-state index in [0.717, 1.165) is 0 Å². The number of aryl methyl sites for hydroxylation is 2. The Morgan fingerprint density at radius 2 is 1.65 bits per heavy atom. The first kappa shape index (κ1) is 10.2. The van der Waals surface area contributed by atoms with Crippen molar-refractivity contribution in [3.63, 3.8) is 0 Å². The zero-order valence-corrected chi connectivity index (χ0v) is 10.1. The first-order chi connectivity index (χ1) is 8.25. The van der Waals surface area contributed by atoms with Crippen LogP contribution >= 0.6 is 0 Å². The number of nitrogens with one attached hydrogen (secondary N) is 1. The summed E-state index contributed by atoms with van der Waals surface area (Å²) in [5.41, 5.74) is 6.35. The van der Waals surface area contributed by atoms with Gasteiger partial charge in [-0.05, 0) is 36.6 Å². The molecule has 0 bridgehead atoms. The van der Waals surface area contributed by atoms with Gasteiger partial charge in [0.05, 0.1) is 0 Å². The summed E-state index contributed by atoms with van der Waals surface area (Å²) in [6, 6.07) is 17.0. The second kappa shape index (κ2) is 3.77. The molecule has 0 aliphatic rings. The fourth-order valence-electron chi connectivity index (χ4n) is 2.22. The Kier molecular flexibility index (Phi) is 2.25. The van der Waals surface area contributed by atoms with E-state index >= 15 is 0 Å². The number of aromatic amines is 1. The number of hydrogen-bond acceptors (Lipinski definition) is 0. The molecule has 0 saturated carbocycles. The predicted molar refractivity (Wildman–Crippen MR) is 73.2 cm³/mol. The molecule has 1 heteroatoms. The standard InChI is InChI=1S/C16H15N/c1-11-8-9-14-10-15(17-16(14)12(11)2)13-6-4-3-5-7-13/h3-10,17H,1-2H3. The molecule has 0 fully saturated rings. The molecule has 0 aliphatic heterocycles. The maximum atomic E-state index is 3.52. The summed E-state index contributed by atoms with van der Waals surface area (Å²) in [5, 5.41) is 1.28. The molecule has 2 aromatic carbocycles. The molecule has 1 nitrogen and oxygen atoms in total.